The van der Waals surface area contributed by atoms with E-state index in [2.05, 4.69) is 0 Å². The predicted molar refractivity (Wildman–Crippen MR) is 53.3 cm³/mol. The van der Waals surface area contributed by atoms with Crippen LogP contribution in [0.4, 0.5) is 0 Å². The van der Waals surface area contributed by atoms with Gasteiger partial charge in [-0.05, 0) is 12.1 Å². The average Bonchev–Trinajstić information content (AvgIpc) is 2.01. The van der Waals surface area contributed by atoms with E-state index >= 15 is 0 Å². The normalized spacial score (nSPS) is 11.9. The summed E-state index contributed by atoms with van der Waals surface area (Å²) in [6.45, 7) is 0. The van der Waals surface area contributed by atoms with Gasteiger partial charge >= 0.3 is 0 Å². The summed E-state index contributed by atoms with van der Waals surface area (Å²) in [7, 11) is -9.31. The highest BCUT2D eigenvalue weighted by molar-refractivity contribution is 7.89. The summed E-state index contributed by atoms with van der Waals surface area (Å²) in [6, 6.07) is 4.19. The molecule has 0 aliphatic heterocycles. The highest BCUT2D eigenvalue weighted by Gasteiger charge is 2.22. The lowest BCUT2D eigenvalue weighted by atomic mass is 10.4. The Morgan fingerprint density at radius 3 is 1.27 bits per heavy atom. The first-order valence-electron chi connectivity index (χ1n) is 3.27. The minimum Gasteiger partial charge on any atom is -0.282 e. The van der Waals surface area contributed by atoms with Crippen molar-refractivity contribution in [2.75, 3.05) is 0 Å². The van der Waals surface area contributed by atoms with Crippen molar-refractivity contribution in [1.29, 1.82) is 0 Å². The first-order valence-corrected chi connectivity index (χ1v) is 6.15. The van der Waals surface area contributed by atoms with Gasteiger partial charge in [0.25, 0.3) is 20.2 Å². The van der Waals surface area contributed by atoms with Gasteiger partial charge in [-0.25, -0.2) is 0 Å². The lowest BCUT2D eigenvalue weighted by Crippen LogP contribution is -2.07. The Hall–Kier alpha value is -0.670. The van der Waals surface area contributed by atoms with Crippen molar-refractivity contribution in [1.82, 2.24) is 0 Å². The van der Waals surface area contributed by atoms with Gasteiger partial charge in [-0.3, -0.25) is 9.11 Å². The van der Waals surface area contributed by atoms with Crippen molar-refractivity contribution in [2.24, 2.45) is 0 Å². The predicted octanol–water partition coefficient (Wildman–Crippen LogP) is 0.602. The Morgan fingerprint density at radius 2 is 1.07 bits per heavy atom. The van der Waals surface area contributed by atoms with E-state index < -0.39 is 30.0 Å². The fraction of sp³-hybridized carbons (Fsp3) is 0. The molecule has 0 bridgehead atoms. The molecule has 0 aliphatic carbocycles. The van der Waals surface area contributed by atoms with Gasteiger partial charge in [-0.2, -0.15) is 16.8 Å². The Balaban J connectivity index is 0.00000196. The molecule has 0 unspecified atom stereocenters. The molecule has 1 aromatic rings. The zero-order chi connectivity index (χ0) is 11.0. The molecule has 9 heteroatoms. The molecule has 86 valence electrons. The van der Waals surface area contributed by atoms with Gasteiger partial charge in [0.15, 0.2) is 0 Å². The Kier molecular flexibility index (Phi) is 4.26. The van der Waals surface area contributed by atoms with Crippen molar-refractivity contribution < 1.29 is 25.9 Å². The van der Waals surface area contributed by atoms with Crippen LogP contribution in [-0.4, -0.2) is 25.9 Å². The molecule has 0 spiro atoms. The van der Waals surface area contributed by atoms with Crippen molar-refractivity contribution in [3.8, 4) is 0 Å². The van der Waals surface area contributed by atoms with E-state index in [1.54, 1.807) is 0 Å². The van der Waals surface area contributed by atoms with Crippen LogP contribution in [0.1, 0.15) is 0 Å². The topological polar surface area (TPSA) is 109 Å². The van der Waals surface area contributed by atoms with Crippen LogP contribution in [-0.2, 0) is 20.2 Å². The molecule has 0 aromatic heterocycles. The zero-order valence-electron chi connectivity index (χ0n) is 7.06. The Labute approximate surface area is 92.8 Å². The van der Waals surface area contributed by atoms with Gasteiger partial charge in [0, 0.05) is 0 Å². The second kappa shape index (κ2) is 4.45. The number of halogens is 1. The van der Waals surface area contributed by atoms with E-state index in [9.17, 15) is 16.8 Å². The fourth-order valence-electron chi connectivity index (χ4n) is 0.876. The van der Waals surface area contributed by atoms with Crippen LogP contribution in [0, 0.1) is 0 Å². The zero-order valence-corrected chi connectivity index (χ0v) is 9.51. The Morgan fingerprint density at radius 1 is 0.800 bits per heavy atom. The van der Waals surface area contributed by atoms with Crippen LogP contribution in [0.2, 0.25) is 0 Å². The van der Waals surface area contributed by atoms with Crippen molar-refractivity contribution in [3.63, 3.8) is 0 Å². The number of hydrogen-bond acceptors (Lipinski definition) is 4. The standard InChI is InChI=1S/C6H6O6S2.ClH/c7-13(8,9)5-3-1-2-4-6(5)14(10,11)12;/h1-4H,(H,7,8,9)(H,10,11,12);1H. The monoisotopic (exact) mass is 274 g/mol. The molecular formula is C6H7ClO6S2. The number of rotatable bonds is 2. The summed E-state index contributed by atoms with van der Waals surface area (Å²) in [5, 5.41) is 0. The maximum atomic E-state index is 10.7. The summed E-state index contributed by atoms with van der Waals surface area (Å²) >= 11 is 0. The second-order valence-electron chi connectivity index (χ2n) is 2.40. The smallest absolute Gasteiger partial charge is 0.282 e. The lowest BCUT2D eigenvalue weighted by Gasteiger charge is -2.02. The van der Waals surface area contributed by atoms with E-state index in [1.165, 1.54) is 12.1 Å². The quantitative estimate of drug-likeness (QED) is 0.765. The lowest BCUT2D eigenvalue weighted by molar-refractivity contribution is 0.466. The molecule has 2 N–H and O–H groups in total. The summed E-state index contributed by atoms with van der Waals surface area (Å²) in [5.74, 6) is 0. The molecular weight excluding hydrogens is 268 g/mol. The van der Waals surface area contributed by atoms with Crippen molar-refractivity contribution >= 4 is 32.6 Å². The number of hydrogen-bond donors (Lipinski definition) is 2. The molecule has 0 saturated heterocycles. The van der Waals surface area contributed by atoms with Crippen LogP contribution in [0.25, 0.3) is 0 Å². The van der Waals surface area contributed by atoms with Crippen LogP contribution < -0.4 is 0 Å². The van der Waals surface area contributed by atoms with Gasteiger partial charge in [-0.1, -0.05) is 12.1 Å². The molecule has 1 aromatic carbocycles. The summed E-state index contributed by atoms with van der Waals surface area (Å²) < 4.78 is 60.0. The number of benzene rings is 1. The molecule has 0 saturated carbocycles. The molecule has 6 nitrogen and oxygen atoms in total. The van der Waals surface area contributed by atoms with Crippen molar-refractivity contribution in [3.05, 3.63) is 24.3 Å². The Bertz CT molecular complexity index is 496. The highest BCUT2D eigenvalue weighted by atomic mass is 35.5. The molecule has 0 atom stereocenters. The van der Waals surface area contributed by atoms with Gasteiger partial charge in [0.1, 0.15) is 9.79 Å². The van der Waals surface area contributed by atoms with Gasteiger partial charge in [-0.15, -0.1) is 12.4 Å². The van der Waals surface area contributed by atoms with Gasteiger partial charge in [0.2, 0.25) is 0 Å². The second-order valence-corrected chi connectivity index (χ2v) is 5.18. The SMILES string of the molecule is Cl.O=S(=O)(O)c1ccccc1S(=O)(=O)O. The summed E-state index contributed by atoms with van der Waals surface area (Å²) in [5.41, 5.74) is 0. The molecule has 15 heavy (non-hydrogen) atoms. The van der Waals surface area contributed by atoms with E-state index in [1.807, 2.05) is 0 Å². The maximum absolute atomic E-state index is 10.7. The highest BCUT2D eigenvalue weighted by Crippen LogP contribution is 2.19. The minimum atomic E-state index is -4.66. The third kappa shape index (κ3) is 3.43. The minimum absolute atomic E-state index is 0. The van der Waals surface area contributed by atoms with E-state index in [0.717, 1.165) is 12.1 Å². The molecule has 0 radical (unpaired) electrons. The molecule has 0 fully saturated rings. The molecule has 0 aliphatic rings. The first-order chi connectivity index (χ1) is 6.23. The van der Waals surface area contributed by atoms with E-state index in [4.69, 9.17) is 9.11 Å². The van der Waals surface area contributed by atoms with Gasteiger partial charge < -0.3 is 0 Å². The van der Waals surface area contributed by atoms with Crippen LogP contribution >= 0.6 is 12.4 Å². The third-order valence-corrected chi connectivity index (χ3v) is 3.36. The van der Waals surface area contributed by atoms with Crippen LogP contribution in [0.5, 0.6) is 0 Å². The van der Waals surface area contributed by atoms with Crippen LogP contribution in [0.3, 0.4) is 0 Å². The van der Waals surface area contributed by atoms with E-state index in [-0.39, 0.29) is 12.4 Å². The first kappa shape index (κ1) is 14.3. The van der Waals surface area contributed by atoms with Crippen molar-refractivity contribution in [2.45, 2.75) is 9.79 Å². The average molecular weight is 275 g/mol. The summed E-state index contributed by atoms with van der Waals surface area (Å²) in [4.78, 5) is -1.69. The fourth-order valence-corrected chi connectivity index (χ4v) is 2.65. The summed E-state index contributed by atoms with van der Waals surface area (Å²) in [6.07, 6.45) is 0. The molecule has 0 amide bonds. The van der Waals surface area contributed by atoms with Crippen LogP contribution in [0.15, 0.2) is 34.1 Å². The van der Waals surface area contributed by atoms with Gasteiger partial charge in [0.05, 0.1) is 0 Å². The molecule has 0 heterocycles. The molecule has 1 rings (SSSR count). The largest absolute Gasteiger partial charge is 0.295 e. The third-order valence-electron chi connectivity index (χ3n) is 1.40. The maximum Gasteiger partial charge on any atom is 0.295 e. The van der Waals surface area contributed by atoms with E-state index in [0.29, 0.717) is 0 Å².